The van der Waals surface area contributed by atoms with Crippen LogP contribution < -0.4 is 0 Å². The van der Waals surface area contributed by atoms with E-state index >= 15 is 0 Å². The van der Waals surface area contributed by atoms with Crippen molar-refractivity contribution < 1.29 is 8.78 Å². The van der Waals surface area contributed by atoms with Crippen molar-refractivity contribution in [2.75, 3.05) is 0 Å². The van der Waals surface area contributed by atoms with Gasteiger partial charge >= 0.3 is 0 Å². The molecule has 0 unspecified atom stereocenters. The van der Waals surface area contributed by atoms with E-state index in [1.165, 1.54) is 24.3 Å². The Hall–Kier alpha value is -1.18. The SMILES string of the molecule is CC(C)=Cc1c(F)cccc1F. The van der Waals surface area contributed by atoms with Gasteiger partial charge in [0.1, 0.15) is 11.6 Å². The van der Waals surface area contributed by atoms with Crippen molar-refractivity contribution in [2.24, 2.45) is 0 Å². The molecule has 0 N–H and O–H groups in total. The molecular formula is C10H10F2. The Morgan fingerprint density at radius 2 is 1.67 bits per heavy atom. The molecule has 0 aliphatic rings. The third kappa shape index (κ3) is 1.91. The third-order valence-electron chi connectivity index (χ3n) is 1.43. The fraction of sp³-hybridized carbons (Fsp3) is 0.200. The van der Waals surface area contributed by atoms with Crippen molar-refractivity contribution in [2.45, 2.75) is 13.8 Å². The lowest BCUT2D eigenvalue weighted by Crippen LogP contribution is -1.87. The highest BCUT2D eigenvalue weighted by Crippen LogP contribution is 2.15. The fourth-order valence-corrected chi connectivity index (χ4v) is 0.937. The normalized spacial score (nSPS) is 9.67. The molecule has 0 atom stereocenters. The Morgan fingerprint density at radius 3 is 2.08 bits per heavy atom. The molecule has 0 saturated carbocycles. The van der Waals surface area contributed by atoms with Crippen LogP contribution in [0.25, 0.3) is 6.08 Å². The van der Waals surface area contributed by atoms with Crippen molar-refractivity contribution in [3.8, 4) is 0 Å². The molecule has 2 heteroatoms. The maximum atomic E-state index is 12.9. The van der Waals surface area contributed by atoms with Crippen LogP contribution in [0.5, 0.6) is 0 Å². The molecule has 0 aliphatic heterocycles. The van der Waals surface area contributed by atoms with Gasteiger partial charge in [-0.1, -0.05) is 17.7 Å². The number of rotatable bonds is 1. The smallest absolute Gasteiger partial charge is 0.133 e. The summed E-state index contributed by atoms with van der Waals surface area (Å²) in [5, 5.41) is 0. The first-order valence-electron chi connectivity index (χ1n) is 3.70. The first-order valence-corrected chi connectivity index (χ1v) is 3.70. The molecule has 0 aliphatic carbocycles. The second-order valence-corrected chi connectivity index (χ2v) is 2.86. The Bertz CT molecular complexity index is 289. The lowest BCUT2D eigenvalue weighted by molar-refractivity contribution is 0.578. The van der Waals surface area contributed by atoms with Gasteiger partial charge in [0.2, 0.25) is 0 Å². The first kappa shape index (κ1) is 8.91. The van der Waals surface area contributed by atoms with Crippen molar-refractivity contribution in [3.63, 3.8) is 0 Å². The first-order chi connectivity index (χ1) is 5.61. The number of allylic oxidation sites excluding steroid dienone is 1. The van der Waals surface area contributed by atoms with Gasteiger partial charge in [0.05, 0.1) is 0 Å². The van der Waals surface area contributed by atoms with E-state index in [-0.39, 0.29) is 5.56 Å². The van der Waals surface area contributed by atoms with Crippen LogP contribution in [-0.2, 0) is 0 Å². The van der Waals surface area contributed by atoms with E-state index in [4.69, 9.17) is 0 Å². The van der Waals surface area contributed by atoms with E-state index in [1.54, 1.807) is 13.8 Å². The van der Waals surface area contributed by atoms with Crippen LogP contribution in [0.1, 0.15) is 19.4 Å². The lowest BCUT2D eigenvalue weighted by Gasteiger charge is -1.98. The Morgan fingerprint density at radius 1 is 1.17 bits per heavy atom. The highest BCUT2D eigenvalue weighted by Gasteiger charge is 2.03. The van der Waals surface area contributed by atoms with Crippen molar-refractivity contribution in [1.29, 1.82) is 0 Å². The minimum Gasteiger partial charge on any atom is -0.206 e. The number of hydrogen-bond acceptors (Lipinski definition) is 0. The predicted octanol–water partition coefficient (Wildman–Crippen LogP) is 3.39. The van der Waals surface area contributed by atoms with Crippen molar-refractivity contribution in [3.05, 3.63) is 41.0 Å². The van der Waals surface area contributed by atoms with Gasteiger partial charge < -0.3 is 0 Å². The summed E-state index contributed by atoms with van der Waals surface area (Å²) in [5.74, 6) is -1.03. The van der Waals surface area contributed by atoms with Gasteiger partial charge in [-0.2, -0.15) is 0 Å². The fourth-order valence-electron chi connectivity index (χ4n) is 0.937. The Kier molecular flexibility index (Phi) is 2.58. The summed E-state index contributed by atoms with van der Waals surface area (Å²) in [4.78, 5) is 0. The quantitative estimate of drug-likeness (QED) is 0.603. The van der Waals surface area contributed by atoms with Gasteiger partial charge in [-0.05, 0) is 26.0 Å². The number of benzene rings is 1. The second-order valence-electron chi connectivity index (χ2n) is 2.86. The maximum Gasteiger partial charge on any atom is 0.133 e. The maximum absolute atomic E-state index is 12.9. The molecule has 0 bridgehead atoms. The van der Waals surface area contributed by atoms with Crippen LogP contribution in [0.2, 0.25) is 0 Å². The molecular weight excluding hydrogens is 158 g/mol. The molecule has 1 aromatic carbocycles. The van der Waals surface area contributed by atoms with E-state index in [0.717, 1.165) is 5.57 Å². The monoisotopic (exact) mass is 168 g/mol. The zero-order valence-electron chi connectivity index (χ0n) is 7.07. The minimum absolute atomic E-state index is 0.0394. The summed E-state index contributed by atoms with van der Waals surface area (Å²) in [7, 11) is 0. The lowest BCUT2D eigenvalue weighted by atomic mass is 10.1. The Labute approximate surface area is 70.5 Å². The molecule has 0 spiro atoms. The van der Waals surface area contributed by atoms with Gasteiger partial charge in [0, 0.05) is 5.56 Å². The minimum atomic E-state index is -0.517. The molecule has 1 rings (SSSR count). The Balaban J connectivity index is 3.22. The third-order valence-corrected chi connectivity index (χ3v) is 1.43. The molecule has 1 aromatic rings. The summed E-state index contributed by atoms with van der Waals surface area (Å²) in [6, 6.07) is 3.85. The van der Waals surface area contributed by atoms with E-state index in [9.17, 15) is 8.78 Å². The van der Waals surface area contributed by atoms with Gasteiger partial charge in [0.25, 0.3) is 0 Å². The standard InChI is InChI=1S/C10H10F2/c1-7(2)6-8-9(11)4-3-5-10(8)12/h3-6H,1-2H3. The van der Waals surface area contributed by atoms with E-state index in [0.29, 0.717) is 0 Å². The largest absolute Gasteiger partial charge is 0.206 e. The van der Waals surface area contributed by atoms with Gasteiger partial charge in [0.15, 0.2) is 0 Å². The van der Waals surface area contributed by atoms with Crippen LogP contribution in [-0.4, -0.2) is 0 Å². The summed E-state index contributed by atoms with van der Waals surface area (Å²) < 4.78 is 25.9. The van der Waals surface area contributed by atoms with Crippen LogP contribution in [0, 0.1) is 11.6 Å². The molecule has 12 heavy (non-hydrogen) atoms. The summed E-state index contributed by atoms with van der Waals surface area (Å²) in [6.45, 7) is 3.60. The molecule has 0 aromatic heterocycles. The van der Waals surface area contributed by atoms with Crippen LogP contribution in [0.4, 0.5) is 8.78 Å². The van der Waals surface area contributed by atoms with Crippen molar-refractivity contribution in [1.82, 2.24) is 0 Å². The highest BCUT2D eigenvalue weighted by atomic mass is 19.1. The summed E-state index contributed by atoms with van der Waals surface area (Å²) in [5.41, 5.74) is 0.913. The second kappa shape index (κ2) is 3.48. The average molecular weight is 168 g/mol. The highest BCUT2D eigenvalue weighted by molar-refractivity contribution is 5.53. The molecule has 0 amide bonds. The number of hydrogen-bond donors (Lipinski definition) is 0. The van der Waals surface area contributed by atoms with E-state index < -0.39 is 11.6 Å². The molecule has 0 fully saturated rings. The van der Waals surface area contributed by atoms with Crippen LogP contribution in [0.15, 0.2) is 23.8 Å². The molecule has 0 saturated heterocycles. The van der Waals surface area contributed by atoms with E-state index in [1.807, 2.05) is 0 Å². The van der Waals surface area contributed by atoms with Crippen LogP contribution in [0.3, 0.4) is 0 Å². The summed E-state index contributed by atoms with van der Waals surface area (Å²) in [6.07, 6.45) is 1.49. The topological polar surface area (TPSA) is 0 Å². The molecule has 0 radical (unpaired) electrons. The zero-order valence-corrected chi connectivity index (χ0v) is 7.07. The van der Waals surface area contributed by atoms with Gasteiger partial charge in [-0.25, -0.2) is 8.78 Å². The van der Waals surface area contributed by atoms with Gasteiger partial charge in [-0.3, -0.25) is 0 Å². The average Bonchev–Trinajstić information content (AvgIpc) is 1.97. The molecule has 64 valence electrons. The predicted molar refractivity (Wildman–Crippen MR) is 45.7 cm³/mol. The zero-order chi connectivity index (χ0) is 9.14. The molecule has 0 heterocycles. The number of halogens is 2. The summed E-state index contributed by atoms with van der Waals surface area (Å²) >= 11 is 0. The van der Waals surface area contributed by atoms with Crippen LogP contribution >= 0.6 is 0 Å². The van der Waals surface area contributed by atoms with Gasteiger partial charge in [-0.15, -0.1) is 0 Å². The van der Waals surface area contributed by atoms with E-state index in [2.05, 4.69) is 0 Å². The molecule has 0 nitrogen and oxygen atoms in total. The van der Waals surface area contributed by atoms with Crippen molar-refractivity contribution >= 4 is 6.08 Å².